The van der Waals surface area contributed by atoms with Gasteiger partial charge in [0.25, 0.3) is 0 Å². The van der Waals surface area contributed by atoms with Crippen molar-refractivity contribution in [3.05, 3.63) is 28.2 Å². The van der Waals surface area contributed by atoms with Crippen molar-refractivity contribution in [3.8, 4) is 0 Å². The molecule has 0 heterocycles. The van der Waals surface area contributed by atoms with Gasteiger partial charge in [-0.2, -0.15) is 13.2 Å². The molecule has 0 bridgehead atoms. The van der Waals surface area contributed by atoms with Gasteiger partial charge in [0, 0.05) is 9.78 Å². The number of rotatable bonds is 1. The third-order valence-electron chi connectivity index (χ3n) is 1.83. The summed E-state index contributed by atoms with van der Waals surface area (Å²) >= 11 is 2.98. The highest BCUT2D eigenvalue weighted by molar-refractivity contribution is 9.10. The van der Waals surface area contributed by atoms with Crippen LogP contribution in [0, 0.1) is 0 Å². The lowest BCUT2D eigenvalue weighted by Crippen LogP contribution is -2.11. The van der Waals surface area contributed by atoms with Crippen molar-refractivity contribution in [2.24, 2.45) is 0 Å². The standard InChI is InChI=1S/C9H9BrF3OP.C2H6OP/c1-15(2,14)8-4-6(9(11,12)13)3-7(10)5-8;1-4(2)3/h3-5H,1-2H3;1-2H3/q;+1. The molecule has 19 heavy (non-hydrogen) atoms. The molecule has 0 fully saturated rings. The SMILES string of the molecule is CP(C)(=O)c1cc(Br)cc(C(F)(F)F)c1.C[P+](C)=O. The van der Waals surface area contributed by atoms with E-state index in [1.807, 2.05) is 0 Å². The largest absolute Gasteiger partial charge is 0.416 e. The van der Waals surface area contributed by atoms with E-state index in [1.165, 1.54) is 19.4 Å². The molecule has 0 radical (unpaired) electrons. The van der Waals surface area contributed by atoms with Gasteiger partial charge in [-0.05, 0) is 31.5 Å². The molecule has 2 nitrogen and oxygen atoms in total. The first-order valence-electron chi connectivity index (χ1n) is 5.12. The van der Waals surface area contributed by atoms with E-state index in [9.17, 15) is 22.3 Å². The third-order valence-corrected chi connectivity index (χ3v) is 3.79. The summed E-state index contributed by atoms with van der Waals surface area (Å²) in [6, 6.07) is 3.36. The Bertz CT molecular complexity index is 505. The Hall–Kier alpha value is -0.180. The zero-order chi connectivity index (χ0) is 15.4. The predicted molar refractivity (Wildman–Crippen MR) is 77.7 cm³/mol. The highest BCUT2D eigenvalue weighted by Gasteiger charge is 2.32. The van der Waals surface area contributed by atoms with E-state index in [0.717, 1.165) is 12.1 Å². The molecule has 0 N–H and O–H groups in total. The molecule has 0 aliphatic rings. The second-order valence-corrected chi connectivity index (χ2v) is 10.1. The molecule has 0 amide bonds. The second kappa shape index (κ2) is 7.01. The smallest absolute Gasteiger partial charge is 0.319 e. The molecule has 0 saturated heterocycles. The molecule has 0 unspecified atom stereocenters. The lowest BCUT2D eigenvalue weighted by atomic mass is 10.2. The van der Waals surface area contributed by atoms with Crippen LogP contribution >= 0.6 is 30.9 Å². The average molecular weight is 378 g/mol. The van der Waals surface area contributed by atoms with E-state index >= 15 is 0 Å². The first-order chi connectivity index (χ1) is 8.34. The fourth-order valence-corrected chi connectivity index (χ4v) is 2.62. The molecular weight excluding hydrogens is 363 g/mol. The van der Waals surface area contributed by atoms with Crippen molar-refractivity contribution < 1.29 is 22.3 Å². The van der Waals surface area contributed by atoms with Crippen LogP contribution in [0.1, 0.15) is 5.56 Å². The van der Waals surface area contributed by atoms with E-state index in [1.54, 1.807) is 13.3 Å². The second-order valence-electron chi connectivity index (χ2n) is 4.36. The van der Waals surface area contributed by atoms with E-state index in [-0.39, 0.29) is 9.78 Å². The van der Waals surface area contributed by atoms with Gasteiger partial charge in [-0.3, -0.25) is 0 Å². The van der Waals surface area contributed by atoms with Crippen molar-refractivity contribution in [2.45, 2.75) is 6.18 Å². The molecule has 0 saturated carbocycles. The van der Waals surface area contributed by atoms with Crippen LogP contribution in [-0.2, 0) is 15.3 Å². The van der Waals surface area contributed by atoms with E-state index in [4.69, 9.17) is 0 Å². The van der Waals surface area contributed by atoms with Gasteiger partial charge < -0.3 is 4.57 Å². The lowest BCUT2D eigenvalue weighted by molar-refractivity contribution is -0.137. The number of hydrogen-bond acceptors (Lipinski definition) is 2. The first kappa shape index (κ1) is 18.8. The van der Waals surface area contributed by atoms with Gasteiger partial charge >= 0.3 is 14.0 Å². The summed E-state index contributed by atoms with van der Waals surface area (Å²) in [4.78, 5) is 0. The lowest BCUT2D eigenvalue weighted by Gasteiger charge is -2.12. The zero-order valence-corrected chi connectivity index (χ0v) is 14.3. The Balaban J connectivity index is 0.000000711. The Morgan fingerprint density at radius 3 is 1.89 bits per heavy atom. The fourth-order valence-electron chi connectivity index (χ4n) is 1.05. The normalized spacial score (nSPS) is 11.6. The summed E-state index contributed by atoms with van der Waals surface area (Å²) in [5.41, 5.74) is -0.782. The summed E-state index contributed by atoms with van der Waals surface area (Å²) in [7, 11) is -3.54. The molecule has 0 aliphatic carbocycles. The van der Waals surface area contributed by atoms with Crippen molar-refractivity contribution >= 4 is 36.2 Å². The summed E-state index contributed by atoms with van der Waals surface area (Å²) in [5.74, 6) is 0. The molecule has 1 aromatic carbocycles. The Morgan fingerprint density at radius 1 is 1.16 bits per heavy atom. The van der Waals surface area contributed by atoms with Gasteiger partial charge in [0.1, 0.15) is 20.5 Å². The van der Waals surface area contributed by atoms with Crippen molar-refractivity contribution in [2.75, 3.05) is 26.7 Å². The Kier molecular flexibility index (Phi) is 6.94. The number of benzene rings is 1. The molecule has 0 aliphatic heterocycles. The van der Waals surface area contributed by atoms with Crippen molar-refractivity contribution in [1.82, 2.24) is 0 Å². The highest BCUT2D eigenvalue weighted by Crippen LogP contribution is 2.38. The molecule has 1 rings (SSSR count). The minimum atomic E-state index is -4.41. The van der Waals surface area contributed by atoms with Crippen LogP contribution < -0.4 is 5.30 Å². The topological polar surface area (TPSA) is 34.1 Å². The summed E-state index contributed by atoms with van der Waals surface area (Å²) < 4.78 is 58.8. The third kappa shape index (κ3) is 7.86. The number of hydrogen-bond donors (Lipinski definition) is 0. The van der Waals surface area contributed by atoms with E-state index in [0.29, 0.717) is 0 Å². The monoisotopic (exact) mass is 377 g/mol. The highest BCUT2D eigenvalue weighted by atomic mass is 79.9. The van der Waals surface area contributed by atoms with Gasteiger partial charge in [-0.25, -0.2) is 0 Å². The summed E-state index contributed by atoms with van der Waals surface area (Å²) in [6.07, 6.45) is -4.41. The molecule has 0 aromatic heterocycles. The predicted octanol–water partition coefficient (Wildman–Crippen LogP) is 4.79. The van der Waals surface area contributed by atoms with Crippen LogP contribution in [0.4, 0.5) is 13.2 Å². The Labute approximate surface area is 120 Å². The van der Waals surface area contributed by atoms with Gasteiger partial charge in [-0.15, -0.1) is 0 Å². The van der Waals surface area contributed by atoms with Crippen LogP contribution in [0.25, 0.3) is 0 Å². The average Bonchev–Trinajstić information content (AvgIpc) is 2.12. The van der Waals surface area contributed by atoms with Crippen molar-refractivity contribution in [3.63, 3.8) is 0 Å². The fraction of sp³-hybridized carbons (Fsp3) is 0.455. The zero-order valence-electron chi connectivity index (χ0n) is 11.0. The van der Waals surface area contributed by atoms with E-state index < -0.39 is 26.7 Å². The van der Waals surface area contributed by atoms with Crippen LogP contribution in [0.3, 0.4) is 0 Å². The van der Waals surface area contributed by atoms with Gasteiger partial charge in [0.05, 0.1) is 5.56 Å². The van der Waals surface area contributed by atoms with Crippen molar-refractivity contribution in [1.29, 1.82) is 0 Å². The number of halogens is 4. The van der Waals surface area contributed by atoms with E-state index in [2.05, 4.69) is 15.9 Å². The number of alkyl halides is 3. The molecule has 1 aromatic rings. The van der Waals surface area contributed by atoms with Crippen LogP contribution in [-0.4, -0.2) is 26.7 Å². The molecule has 0 atom stereocenters. The Morgan fingerprint density at radius 2 is 1.58 bits per heavy atom. The van der Waals surface area contributed by atoms with Gasteiger partial charge in [-0.1, -0.05) is 20.5 Å². The maximum absolute atomic E-state index is 12.4. The molecule has 0 spiro atoms. The maximum atomic E-state index is 12.4. The van der Waals surface area contributed by atoms with Gasteiger partial charge in [0.15, 0.2) is 0 Å². The maximum Gasteiger partial charge on any atom is 0.416 e. The van der Waals surface area contributed by atoms with Gasteiger partial charge in [0.2, 0.25) is 0 Å². The minimum absolute atomic E-state index is 0.226. The molecule has 108 valence electrons. The first-order valence-corrected chi connectivity index (χ1v) is 10.7. The summed E-state index contributed by atoms with van der Waals surface area (Å²) in [6.45, 7) is 6.23. The molecular formula is C11H15BrF3O2P2+. The van der Waals surface area contributed by atoms with Crippen LogP contribution in [0.15, 0.2) is 22.7 Å². The molecule has 8 heteroatoms. The quantitative estimate of drug-likeness (QED) is 0.659. The van der Waals surface area contributed by atoms with Crippen LogP contribution in [0.5, 0.6) is 0 Å². The minimum Gasteiger partial charge on any atom is -0.319 e. The van der Waals surface area contributed by atoms with Crippen LogP contribution in [0.2, 0.25) is 0 Å². The summed E-state index contributed by atoms with van der Waals surface area (Å²) in [5, 5.41) is 0.226.